The van der Waals surface area contributed by atoms with E-state index in [0.29, 0.717) is 10.8 Å². The van der Waals surface area contributed by atoms with Gasteiger partial charge in [0.1, 0.15) is 0 Å². The van der Waals surface area contributed by atoms with Crippen molar-refractivity contribution in [1.82, 2.24) is 0 Å². The molecule has 0 heteroatoms. The van der Waals surface area contributed by atoms with Crippen LogP contribution in [-0.2, 0) is 0 Å². The Morgan fingerprint density at radius 3 is 2.71 bits per heavy atom. The van der Waals surface area contributed by atoms with Gasteiger partial charge in [0.15, 0.2) is 0 Å². The van der Waals surface area contributed by atoms with E-state index < -0.39 is 0 Å². The van der Waals surface area contributed by atoms with E-state index in [1.807, 2.05) is 5.57 Å². The van der Waals surface area contributed by atoms with Crippen LogP contribution in [0.5, 0.6) is 0 Å². The molecule has 0 aromatic rings. The molecule has 0 amide bonds. The lowest BCUT2D eigenvalue weighted by atomic mass is 9.47. The van der Waals surface area contributed by atoms with Gasteiger partial charge in [-0.05, 0) is 85.9 Å². The van der Waals surface area contributed by atoms with Gasteiger partial charge in [-0.1, -0.05) is 45.3 Å². The van der Waals surface area contributed by atoms with E-state index in [1.54, 1.807) is 0 Å². The normalized spacial score (nSPS) is 52.6. The van der Waals surface area contributed by atoms with Crippen LogP contribution in [0.25, 0.3) is 0 Å². The molecule has 0 aromatic heterocycles. The first kappa shape index (κ1) is 14.3. The molecule has 4 rings (SSSR count). The standard InChI is InChI=1S/C21H34/c1-4-15-9-11-18-17-10-8-16-7-5-6-13-20(16,2)19(17)12-14-21(15,18)3/h8,15,17-19H,4-7,9-14H2,1-3H3/t15-,17+,18+,19+,20+,21-/m1/s1. The molecule has 0 heterocycles. The van der Waals surface area contributed by atoms with Crippen LogP contribution in [0.1, 0.15) is 85.0 Å². The predicted octanol–water partition coefficient (Wildman–Crippen LogP) is 6.37. The van der Waals surface area contributed by atoms with Crippen molar-refractivity contribution in [3.63, 3.8) is 0 Å². The second kappa shape index (κ2) is 4.87. The highest BCUT2D eigenvalue weighted by molar-refractivity contribution is 5.24. The van der Waals surface area contributed by atoms with Crippen LogP contribution in [0.2, 0.25) is 0 Å². The number of allylic oxidation sites excluding steroid dienone is 2. The summed E-state index contributed by atoms with van der Waals surface area (Å²) in [7, 11) is 0. The average Bonchev–Trinajstić information content (AvgIpc) is 2.83. The summed E-state index contributed by atoms with van der Waals surface area (Å²) in [5.41, 5.74) is 3.14. The molecule has 4 aliphatic rings. The van der Waals surface area contributed by atoms with Crippen molar-refractivity contribution >= 4 is 0 Å². The first-order valence-electron chi connectivity index (χ1n) is 9.79. The summed E-state index contributed by atoms with van der Waals surface area (Å²) in [6.45, 7) is 7.74. The summed E-state index contributed by atoms with van der Waals surface area (Å²) in [5, 5.41) is 0. The van der Waals surface area contributed by atoms with Crippen LogP contribution >= 0.6 is 0 Å². The van der Waals surface area contributed by atoms with Gasteiger partial charge in [0.05, 0.1) is 0 Å². The van der Waals surface area contributed by atoms with Gasteiger partial charge in [-0.25, -0.2) is 0 Å². The van der Waals surface area contributed by atoms with Crippen LogP contribution in [0.15, 0.2) is 11.6 Å². The summed E-state index contributed by atoms with van der Waals surface area (Å²) in [6, 6.07) is 0. The Balaban J connectivity index is 1.67. The van der Waals surface area contributed by atoms with Gasteiger partial charge in [0.2, 0.25) is 0 Å². The minimum absolute atomic E-state index is 0.590. The molecular weight excluding hydrogens is 252 g/mol. The van der Waals surface area contributed by atoms with E-state index in [9.17, 15) is 0 Å². The number of hydrogen-bond donors (Lipinski definition) is 0. The Morgan fingerprint density at radius 1 is 1.05 bits per heavy atom. The first-order chi connectivity index (χ1) is 10.1. The van der Waals surface area contributed by atoms with Gasteiger partial charge in [-0.15, -0.1) is 0 Å². The van der Waals surface area contributed by atoms with Crippen LogP contribution < -0.4 is 0 Å². The monoisotopic (exact) mass is 286 g/mol. The van der Waals surface area contributed by atoms with Crippen LogP contribution in [0.4, 0.5) is 0 Å². The highest BCUT2D eigenvalue weighted by Crippen LogP contribution is 2.66. The molecule has 0 nitrogen and oxygen atoms in total. The van der Waals surface area contributed by atoms with E-state index in [2.05, 4.69) is 26.8 Å². The largest absolute Gasteiger partial charge is 0.0845 e. The fourth-order valence-electron chi connectivity index (χ4n) is 7.48. The fraction of sp³-hybridized carbons (Fsp3) is 0.905. The van der Waals surface area contributed by atoms with Crippen molar-refractivity contribution in [2.45, 2.75) is 85.0 Å². The molecule has 6 atom stereocenters. The Bertz CT molecular complexity index is 447. The van der Waals surface area contributed by atoms with E-state index in [-0.39, 0.29) is 0 Å². The molecule has 0 aromatic carbocycles. The Morgan fingerprint density at radius 2 is 1.90 bits per heavy atom. The third-order valence-electron chi connectivity index (χ3n) is 8.71. The zero-order chi connectivity index (χ0) is 14.7. The lowest BCUT2D eigenvalue weighted by Crippen LogP contribution is -2.49. The highest BCUT2D eigenvalue weighted by Gasteiger charge is 2.57. The SMILES string of the molecule is CC[C@@H]1CC[C@H]2[C@@H]3CC=C4CCCC[C@]4(C)[C@H]3CC[C@]12C. The maximum Gasteiger partial charge on any atom is -0.00853 e. The Kier molecular flexibility index (Phi) is 3.32. The predicted molar refractivity (Wildman–Crippen MR) is 90.1 cm³/mol. The van der Waals surface area contributed by atoms with Gasteiger partial charge >= 0.3 is 0 Å². The molecule has 3 fully saturated rings. The molecule has 4 aliphatic carbocycles. The van der Waals surface area contributed by atoms with Crippen molar-refractivity contribution < 1.29 is 0 Å². The summed E-state index contributed by atoms with van der Waals surface area (Å²) >= 11 is 0. The van der Waals surface area contributed by atoms with E-state index >= 15 is 0 Å². The second-order valence-corrected chi connectivity index (χ2v) is 9.19. The zero-order valence-electron chi connectivity index (χ0n) is 14.5. The quantitative estimate of drug-likeness (QED) is 0.492. The molecule has 0 unspecified atom stereocenters. The van der Waals surface area contributed by atoms with Crippen molar-refractivity contribution in [2.24, 2.45) is 34.5 Å². The van der Waals surface area contributed by atoms with Gasteiger partial charge in [-0.2, -0.15) is 0 Å². The van der Waals surface area contributed by atoms with Crippen molar-refractivity contribution in [3.05, 3.63) is 11.6 Å². The smallest absolute Gasteiger partial charge is 0.00853 e. The lowest BCUT2D eigenvalue weighted by molar-refractivity contribution is -0.0415. The highest BCUT2D eigenvalue weighted by atomic mass is 14.6. The van der Waals surface area contributed by atoms with Gasteiger partial charge < -0.3 is 0 Å². The maximum absolute atomic E-state index is 2.71. The number of fused-ring (bicyclic) bond motifs is 5. The van der Waals surface area contributed by atoms with Crippen molar-refractivity contribution in [3.8, 4) is 0 Å². The van der Waals surface area contributed by atoms with Gasteiger partial charge in [-0.3, -0.25) is 0 Å². The fourth-order valence-corrected chi connectivity index (χ4v) is 7.48. The summed E-state index contributed by atoms with van der Waals surface area (Å²) < 4.78 is 0. The molecule has 0 radical (unpaired) electrons. The molecule has 21 heavy (non-hydrogen) atoms. The van der Waals surface area contributed by atoms with Crippen LogP contribution in [0, 0.1) is 34.5 Å². The minimum atomic E-state index is 0.590. The second-order valence-electron chi connectivity index (χ2n) is 9.19. The van der Waals surface area contributed by atoms with Crippen molar-refractivity contribution in [2.75, 3.05) is 0 Å². The van der Waals surface area contributed by atoms with E-state index in [1.165, 1.54) is 64.2 Å². The number of hydrogen-bond acceptors (Lipinski definition) is 0. The minimum Gasteiger partial charge on any atom is -0.0845 e. The molecule has 0 N–H and O–H groups in total. The molecule has 0 bridgehead atoms. The molecule has 118 valence electrons. The lowest BCUT2D eigenvalue weighted by Gasteiger charge is -2.57. The Labute approximate surface area is 131 Å². The molecule has 0 spiro atoms. The van der Waals surface area contributed by atoms with E-state index in [4.69, 9.17) is 0 Å². The van der Waals surface area contributed by atoms with Gasteiger partial charge in [0, 0.05) is 0 Å². The molecule has 0 aliphatic heterocycles. The first-order valence-corrected chi connectivity index (χ1v) is 9.79. The van der Waals surface area contributed by atoms with Crippen LogP contribution in [0.3, 0.4) is 0 Å². The third kappa shape index (κ3) is 1.86. The molecule has 0 saturated heterocycles. The van der Waals surface area contributed by atoms with Gasteiger partial charge in [0.25, 0.3) is 0 Å². The van der Waals surface area contributed by atoms with E-state index in [0.717, 1.165) is 23.7 Å². The molecule has 3 saturated carbocycles. The summed E-state index contributed by atoms with van der Waals surface area (Å²) in [4.78, 5) is 0. The van der Waals surface area contributed by atoms with Crippen LogP contribution in [-0.4, -0.2) is 0 Å². The number of rotatable bonds is 1. The topological polar surface area (TPSA) is 0 Å². The third-order valence-corrected chi connectivity index (χ3v) is 8.71. The van der Waals surface area contributed by atoms with Crippen molar-refractivity contribution in [1.29, 1.82) is 0 Å². The summed E-state index contributed by atoms with van der Waals surface area (Å²) in [6.07, 6.45) is 17.5. The zero-order valence-corrected chi connectivity index (χ0v) is 14.5. The average molecular weight is 287 g/mol. The molecular formula is C21H34. The Hall–Kier alpha value is -0.260. The summed E-state index contributed by atoms with van der Waals surface area (Å²) in [5.74, 6) is 4.10. The maximum atomic E-state index is 2.71.